The molecule has 0 saturated heterocycles. The van der Waals surface area contributed by atoms with Crippen LogP contribution in [-0.2, 0) is 31.7 Å². The predicted molar refractivity (Wildman–Crippen MR) is 173 cm³/mol. The van der Waals surface area contributed by atoms with Crippen LogP contribution in [0.4, 0.5) is 0 Å². The van der Waals surface area contributed by atoms with Gasteiger partial charge in [0, 0.05) is 30.4 Å². The Morgan fingerprint density at radius 1 is 0.955 bits per heavy atom. The average Bonchev–Trinajstić information content (AvgIpc) is 2.98. The Bertz CT molecular complexity index is 1400. The summed E-state index contributed by atoms with van der Waals surface area (Å²) in [6.07, 6.45) is 1.02. The molecule has 0 N–H and O–H groups in total. The Labute approximate surface area is 262 Å². The van der Waals surface area contributed by atoms with Crippen molar-refractivity contribution in [1.29, 1.82) is 0 Å². The van der Waals surface area contributed by atoms with Crippen molar-refractivity contribution in [3.05, 3.63) is 92.8 Å². The second-order valence-electron chi connectivity index (χ2n) is 12.9. The maximum absolute atomic E-state index is 13.2. The summed E-state index contributed by atoms with van der Waals surface area (Å²) in [5.41, 5.74) is 1.78. The number of carbonyl (C=O) groups excluding carboxylic acids is 1. The molecule has 0 spiro atoms. The number of ether oxygens (including phenoxy) is 4. The Morgan fingerprint density at radius 2 is 1.61 bits per heavy atom. The molecule has 3 atom stereocenters. The molecule has 0 radical (unpaired) electrons. The molecule has 0 bridgehead atoms. The molecule has 0 saturated carbocycles. The third kappa shape index (κ3) is 7.97. The van der Waals surface area contributed by atoms with E-state index in [-0.39, 0.29) is 34.3 Å². The number of benzene rings is 2. The minimum Gasteiger partial charge on any atom is -0.493 e. The molecule has 0 amide bonds. The second-order valence-corrected chi connectivity index (χ2v) is 17.6. The van der Waals surface area contributed by atoms with E-state index in [1.807, 2.05) is 43.3 Å². The summed E-state index contributed by atoms with van der Waals surface area (Å²) >= 11 is 0. The van der Waals surface area contributed by atoms with Gasteiger partial charge < -0.3 is 23.4 Å². The van der Waals surface area contributed by atoms with Gasteiger partial charge in [0.05, 0.1) is 14.2 Å². The van der Waals surface area contributed by atoms with Crippen molar-refractivity contribution in [2.45, 2.75) is 89.9 Å². The molecule has 2 aromatic rings. The van der Waals surface area contributed by atoms with Gasteiger partial charge >= 0.3 is 0 Å². The molecule has 0 aliphatic heterocycles. The van der Waals surface area contributed by atoms with E-state index in [1.165, 1.54) is 7.11 Å². The monoisotopic (exact) mass is 625 g/mol. The first-order valence-electron chi connectivity index (χ1n) is 14.8. The van der Waals surface area contributed by atoms with Crippen molar-refractivity contribution < 1.29 is 33.1 Å². The predicted octanol–water partition coefficient (Wildman–Crippen LogP) is 7.08. The minimum atomic E-state index is -2.51. The third-order valence-electron chi connectivity index (χ3n) is 8.93. The number of nitro groups is 1. The van der Waals surface area contributed by atoms with Crippen LogP contribution in [0.2, 0.25) is 18.1 Å². The number of allylic oxidation sites excluding steroid dienone is 1. The number of carbonyl (C=O) groups is 1. The lowest BCUT2D eigenvalue weighted by Gasteiger charge is -2.41. The number of hydrogen-bond donors (Lipinski definition) is 0. The first-order chi connectivity index (χ1) is 20.6. The summed E-state index contributed by atoms with van der Waals surface area (Å²) < 4.78 is 29.7. The largest absolute Gasteiger partial charge is 0.493 e. The van der Waals surface area contributed by atoms with Crippen molar-refractivity contribution >= 4 is 14.1 Å². The molecule has 9 nitrogen and oxygen atoms in total. The highest BCUT2D eigenvalue weighted by atomic mass is 28.4. The standard InChI is InChI=1S/C34H47NO8Si/c1-23-26(34(5,41-8)21-31(40-7)32(23)36)20-29(43-44(9,10)33(2,3)4)27(35(37)38)18-25-16-17-28(39-6)30(19-25)42-22-24-14-12-11-13-15-24/h11-17,19,21,27,29H,18,20,22H2,1-10H3/t27-,29+,34+/m0/s1. The van der Waals surface area contributed by atoms with Crippen LogP contribution in [0.25, 0.3) is 0 Å². The lowest BCUT2D eigenvalue weighted by atomic mass is 9.80. The highest BCUT2D eigenvalue weighted by molar-refractivity contribution is 6.74. The summed E-state index contributed by atoms with van der Waals surface area (Å²) in [7, 11) is 2.05. The van der Waals surface area contributed by atoms with E-state index in [9.17, 15) is 14.9 Å². The first kappa shape index (κ1) is 35.0. The van der Waals surface area contributed by atoms with Gasteiger partial charge in [0.2, 0.25) is 11.8 Å². The molecule has 0 heterocycles. The SMILES string of the molecule is COC1=C[C@@](C)(OC)C(C[C@@H](O[Si](C)(C)C(C)(C)C)[C@H](Cc2ccc(OC)c(OCc3ccccc3)c2)[N+](=O)[O-])=C(C)C1=O. The number of Topliss-reactive ketones (excluding diaryl/α,β-unsaturated/α-hetero) is 1. The molecule has 0 aromatic heterocycles. The number of rotatable bonds is 14. The average molecular weight is 626 g/mol. The van der Waals surface area contributed by atoms with Crippen LogP contribution in [0, 0.1) is 10.1 Å². The summed E-state index contributed by atoms with van der Waals surface area (Å²) in [6.45, 7) is 14.3. The third-order valence-corrected chi connectivity index (χ3v) is 13.4. The Kier molecular flexibility index (Phi) is 11.2. The zero-order chi connectivity index (χ0) is 32.9. The molecule has 1 aliphatic rings. The van der Waals surface area contributed by atoms with E-state index in [0.29, 0.717) is 34.8 Å². The van der Waals surface area contributed by atoms with Crippen LogP contribution in [0.3, 0.4) is 0 Å². The van der Waals surface area contributed by atoms with Gasteiger partial charge in [-0.15, -0.1) is 0 Å². The highest BCUT2D eigenvalue weighted by Crippen LogP contribution is 2.42. The van der Waals surface area contributed by atoms with E-state index in [0.717, 1.165) is 5.56 Å². The fraction of sp³-hybridized carbons (Fsp3) is 0.500. The first-order valence-corrected chi connectivity index (χ1v) is 17.7. The molecule has 44 heavy (non-hydrogen) atoms. The maximum Gasteiger partial charge on any atom is 0.241 e. The van der Waals surface area contributed by atoms with Gasteiger partial charge in [0.15, 0.2) is 25.6 Å². The van der Waals surface area contributed by atoms with Crippen LogP contribution < -0.4 is 9.47 Å². The van der Waals surface area contributed by atoms with Gasteiger partial charge in [-0.3, -0.25) is 14.9 Å². The zero-order valence-electron chi connectivity index (χ0n) is 27.7. The normalized spacial score (nSPS) is 18.9. The van der Waals surface area contributed by atoms with E-state index in [1.54, 1.807) is 39.4 Å². The number of nitrogens with zero attached hydrogens (tertiary/aromatic N) is 1. The molecular weight excluding hydrogens is 578 g/mol. The quantitative estimate of drug-likeness (QED) is 0.125. The van der Waals surface area contributed by atoms with Gasteiger partial charge in [-0.2, -0.15) is 0 Å². The summed E-state index contributed by atoms with van der Waals surface area (Å²) in [5, 5.41) is 12.7. The molecule has 3 rings (SSSR count). The lowest BCUT2D eigenvalue weighted by molar-refractivity contribution is -0.533. The topological polar surface area (TPSA) is 106 Å². The lowest BCUT2D eigenvalue weighted by Crippen LogP contribution is -2.50. The zero-order valence-corrected chi connectivity index (χ0v) is 28.7. The number of ketones is 1. The number of hydrogen-bond acceptors (Lipinski definition) is 8. The Morgan fingerprint density at radius 3 is 2.16 bits per heavy atom. The summed E-state index contributed by atoms with van der Waals surface area (Å²) in [5.74, 6) is 0.952. The molecular formula is C34H47NO8Si. The van der Waals surface area contributed by atoms with E-state index >= 15 is 0 Å². The van der Waals surface area contributed by atoms with Crippen molar-refractivity contribution in [3.63, 3.8) is 0 Å². The minimum absolute atomic E-state index is 0.0844. The van der Waals surface area contributed by atoms with Gasteiger partial charge in [0.25, 0.3) is 0 Å². The van der Waals surface area contributed by atoms with E-state index in [2.05, 4.69) is 33.9 Å². The van der Waals surface area contributed by atoms with Crippen LogP contribution in [0.5, 0.6) is 11.5 Å². The highest BCUT2D eigenvalue weighted by Gasteiger charge is 2.46. The molecule has 1 aliphatic carbocycles. The molecule has 10 heteroatoms. The molecule has 2 aromatic carbocycles. The molecule has 0 unspecified atom stereocenters. The van der Waals surface area contributed by atoms with Gasteiger partial charge in [-0.1, -0.05) is 57.2 Å². The van der Waals surface area contributed by atoms with Crippen LogP contribution in [0.15, 0.2) is 71.5 Å². The smallest absolute Gasteiger partial charge is 0.241 e. The molecule has 0 fully saturated rings. The van der Waals surface area contributed by atoms with Gasteiger partial charge in [0.1, 0.15) is 18.3 Å². The summed E-state index contributed by atoms with van der Waals surface area (Å²) in [6, 6.07) is 14.0. The van der Waals surface area contributed by atoms with Crippen molar-refractivity contribution in [3.8, 4) is 11.5 Å². The van der Waals surface area contributed by atoms with Gasteiger partial charge in [-0.25, -0.2) is 0 Å². The Hall–Kier alpha value is -3.47. The maximum atomic E-state index is 13.2. The number of methoxy groups -OCH3 is 3. The molecule has 240 valence electrons. The van der Waals surface area contributed by atoms with Crippen LogP contribution in [-0.4, -0.2) is 58.1 Å². The van der Waals surface area contributed by atoms with Crippen molar-refractivity contribution in [2.24, 2.45) is 0 Å². The van der Waals surface area contributed by atoms with E-state index < -0.39 is 26.1 Å². The van der Waals surface area contributed by atoms with E-state index in [4.69, 9.17) is 23.4 Å². The Balaban J connectivity index is 2.04. The van der Waals surface area contributed by atoms with Crippen LogP contribution >= 0.6 is 0 Å². The van der Waals surface area contributed by atoms with Crippen molar-refractivity contribution in [1.82, 2.24) is 0 Å². The van der Waals surface area contributed by atoms with Crippen molar-refractivity contribution in [2.75, 3.05) is 21.3 Å². The fourth-order valence-electron chi connectivity index (χ4n) is 5.08. The summed E-state index contributed by atoms with van der Waals surface area (Å²) in [4.78, 5) is 25.7. The van der Waals surface area contributed by atoms with Gasteiger partial charge in [-0.05, 0) is 66.9 Å². The second kappa shape index (κ2) is 14.1. The fourth-order valence-corrected chi connectivity index (χ4v) is 6.43. The van der Waals surface area contributed by atoms with Crippen LogP contribution in [0.1, 0.15) is 52.2 Å².